The predicted octanol–water partition coefficient (Wildman–Crippen LogP) is 4.06. The number of benzene rings is 2. The summed E-state index contributed by atoms with van der Waals surface area (Å²) in [6, 6.07) is 17.3. The van der Waals surface area contributed by atoms with Crippen LogP contribution >= 0.6 is 22.9 Å². The number of rotatable bonds is 7. The average molecular weight is 421 g/mol. The Morgan fingerprint density at radius 1 is 0.963 bits per heavy atom. The maximum Gasteiger partial charge on any atom is 0.271 e. The van der Waals surface area contributed by atoms with Crippen molar-refractivity contribution in [3.63, 3.8) is 0 Å². The molecule has 0 bridgehead atoms. The van der Waals surface area contributed by atoms with Crippen molar-refractivity contribution in [3.05, 3.63) is 82.2 Å². The maximum absolute atomic E-state index is 12.2. The molecule has 3 rings (SSSR count). The zero-order valence-electron chi connectivity index (χ0n) is 14.2. The quantitative estimate of drug-likeness (QED) is 0.605. The van der Waals surface area contributed by atoms with Crippen LogP contribution in [0.4, 0.5) is 5.69 Å². The highest BCUT2D eigenvalue weighted by Crippen LogP contribution is 2.20. The Kier molecular flexibility index (Phi) is 6.15. The van der Waals surface area contributed by atoms with Crippen LogP contribution in [-0.4, -0.2) is 14.3 Å². The van der Waals surface area contributed by atoms with Crippen LogP contribution in [0.5, 0.6) is 0 Å². The molecule has 8 heteroatoms. The third kappa shape index (κ3) is 5.56. The van der Waals surface area contributed by atoms with E-state index >= 15 is 0 Å². The maximum atomic E-state index is 12.2. The lowest BCUT2D eigenvalue weighted by atomic mass is 10.1. The number of anilines is 1. The Morgan fingerprint density at radius 2 is 1.63 bits per heavy atom. The standard InChI is InChI=1S/C19H17ClN2O3S2/c20-16-7-3-15(4-8-16)13-21-18(23)12-14-5-9-17(10-6-14)22-27(24,25)19-2-1-11-26-19/h1-11,22H,12-13H2,(H,21,23). The molecule has 5 nitrogen and oxygen atoms in total. The van der Waals surface area contributed by atoms with Gasteiger partial charge in [0.25, 0.3) is 10.0 Å². The van der Waals surface area contributed by atoms with Crippen molar-refractivity contribution in [2.45, 2.75) is 17.2 Å². The molecule has 0 radical (unpaired) electrons. The molecule has 0 saturated carbocycles. The van der Waals surface area contributed by atoms with Crippen LogP contribution in [0.3, 0.4) is 0 Å². The Balaban J connectivity index is 1.54. The summed E-state index contributed by atoms with van der Waals surface area (Å²) in [5.41, 5.74) is 2.21. The van der Waals surface area contributed by atoms with Crippen LogP contribution < -0.4 is 10.0 Å². The van der Waals surface area contributed by atoms with Gasteiger partial charge in [0.15, 0.2) is 0 Å². The molecule has 0 spiro atoms. The zero-order chi connectivity index (χ0) is 19.3. The number of carbonyl (C=O) groups is 1. The van der Waals surface area contributed by atoms with E-state index in [1.807, 2.05) is 12.1 Å². The van der Waals surface area contributed by atoms with E-state index in [0.29, 0.717) is 17.3 Å². The van der Waals surface area contributed by atoms with Gasteiger partial charge in [-0.3, -0.25) is 9.52 Å². The molecule has 0 unspecified atom stereocenters. The summed E-state index contributed by atoms with van der Waals surface area (Å²) in [6.07, 6.45) is 0.214. The molecule has 0 saturated heterocycles. The van der Waals surface area contributed by atoms with Crippen LogP contribution in [0, 0.1) is 0 Å². The fraction of sp³-hybridized carbons (Fsp3) is 0.105. The minimum Gasteiger partial charge on any atom is -0.352 e. The molecule has 1 amide bonds. The highest BCUT2D eigenvalue weighted by atomic mass is 35.5. The van der Waals surface area contributed by atoms with Crippen molar-refractivity contribution in [1.29, 1.82) is 0 Å². The molecule has 1 aromatic heterocycles. The number of amides is 1. The summed E-state index contributed by atoms with van der Waals surface area (Å²) < 4.78 is 27.2. The van der Waals surface area contributed by atoms with Gasteiger partial charge in [0.2, 0.25) is 5.91 Å². The Hall–Kier alpha value is -2.35. The fourth-order valence-corrected chi connectivity index (χ4v) is 4.54. The fourth-order valence-electron chi connectivity index (χ4n) is 2.36. The number of hydrogen-bond donors (Lipinski definition) is 2. The van der Waals surface area contributed by atoms with Crippen molar-refractivity contribution in [3.8, 4) is 0 Å². The average Bonchev–Trinajstić information content (AvgIpc) is 3.18. The summed E-state index contributed by atoms with van der Waals surface area (Å²) >= 11 is 6.99. The SMILES string of the molecule is O=C(Cc1ccc(NS(=O)(=O)c2cccs2)cc1)NCc1ccc(Cl)cc1. The van der Waals surface area contributed by atoms with Gasteiger partial charge in [-0.15, -0.1) is 11.3 Å². The minimum absolute atomic E-state index is 0.114. The van der Waals surface area contributed by atoms with Crippen LogP contribution in [0.2, 0.25) is 5.02 Å². The molecule has 1 heterocycles. The lowest BCUT2D eigenvalue weighted by Gasteiger charge is -2.08. The first-order chi connectivity index (χ1) is 12.9. The number of thiophene rings is 1. The van der Waals surface area contributed by atoms with E-state index in [0.717, 1.165) is 22.5 Å². The number of hydrogen-bond acceptors (Lipinski definition) is 4. The molecular weight excluding hydrogens is 404 g/mol. The van der Waals surface area contributed by atoms with E-state index in [2.05, 4.69) is 10.0 Å². The molecule has 2 aromatic carbocycles. The first-order valence-corrected chi connectivity index (χ1v) is 10.8. The molecule has 0 aliphatic heterocycles. The van der Waals surface area contributed by atoms with Crippen LogP contribution in [0.25, 0.3) is 0 Å². The highest BCUT2D eigenvalue weighted by molar-refractivity contribution is 7.94. The first kappa shape index (κ1) is 19.4. The van der Waals surface area contributed by atoms with Gasteiger partial charge in [-0.25, -0.2) is 8.42 Å². The summed E-state index contributed by atoms with van der Waals surface area (Å²) in [6.45, 7) is 0.425. The van der Waals surface area contributed by atoms with Crippen molar-refractivity contribution in [2.24, 2.45) is 0 Å². The van der Waals surface area contributed by atoms with E-state index in [1.54, 1.807) is 53.9 Å². The third-order valence-corrected chi connectivity index (χ3v) is 6.76. The molecule has 3 aromatic rings. The second kappa shape index (κ2) is 8.56. The Morgan fingerprint density at radius 3 is 2.26 bits per heavy atom. The predicted molar refractivity (Wildman–Crippen MR) is 109 cm³/mol. The van der Waals surface area contributed by atoms with Crippen molar-refractivity contribution >= 4 is 44.6 Å². The second-order valence-electron chi connectivity index (χ2n) is 5.81. The van der Waals surface area contributed by atoms with Crippen LogP contribution in [-0.2, 0) is 27.8 Å². The van der Waals surface area contributed by atoms with Gasteiger partial charge in [-0.1, -0.05) is 41.9 Å². The number of nitrogens with one attached hydrogen (secondary N) is 2. The summed E-state index contributed by atoms with van der Waals surface area (Å²) in [7, 11) is -3.57. The van der Waals surface area contributed by atoms with Gasteiger partial charge >= 0.3 is 0 Å². The Labute approximate surface area is 167 Å². The van der Waals surface area contributed by atoms with E-state index < -0.39 is 10.0 Å². The first-order valence-electron chi connectivity index (χ1n) is 8.09. The molecule has 0 fully saturated rings. The third-order valence-electron chi connectivity index (χ3n) is 3.73. The number of halogens is 1. The van der Waals surface area contributed by atoms with E-state index in [4.69, 9.17) is 11.6 Å². The normalized spacial score (nSPS) is 11.1. The Bertz CT molecular complexity index is 1000. The number of sulfonamides is 1. The molecule has 2 N–H and O–H groups in total. The lowest BCUT2D eigenvalue weighted by molar-refractivity contribution is -0.120. The summed E-state index contributed by atoms with van der Waals surface area (Å²) in [5, 5.41) is 5.21. The number of carbonyl (C=O) groups excluding carboxylic acids is 1. The van der Waals surface area contributed by atoms with Gasteiger partial charge in [-0.05, 0) is 46.8 Å². The summed E-state index contributed by atoms with van der Waals surface area (Å²) in [5.74, 6) is -0.114. The molecular formula is C19H17ClN2O3S2. The molecule has 0 aliphatic rings. The van der Waals surface area contributed by atoms with Crippen LogP contribution in [0.1, 0.15) is 11.1 Å². The van der Waals surface area contributed by atoms with Gasteiger partial charge in [0.1, 0.15) is 4.21 Å². The van der Waals surface area contributed by atoms with E-state index in [1.165, 1.54) is 0 Å². The topological polar surface area (TPSA) is 75.3 Å². The molecule has 0 atom stereocenters. The van der Waals surface area contributed by atoms with Gasteiger partial charge in [0.05, 0.1) is 6.42 Å². The van der Waals surface area contributed by atoms with Gasteiger partial charge in [0, 0.05) is 17.3 Å². The van der Waals surface area contributed by atoms with Crippen LogP contribution in [0.15, 0.2) is 70.3 Å². The van der Waals surface area contributed by atoms with Gasteiger partial charge in [-0.2, -0.15) is 0 Å². The zero-order valence-corrected chi connectivity index (χ0v) is 16.6. The van der Waals surface area contributed by atoms with Gasteiger partial charge < -0.3 is 5.32 Å². The monoisotopic (exact) mass is 420 g/mol. The second-order valence-corrected chi connectivity index (χ2v) is 9.11. The molecule has 0 aliphatic carbocycles. The minimum atomic E-state index is -3.57. The summed E-state index contributed by atoms with van der Waals surface area (Å²) in [4.78, 5) is 12.1. The smallest absolute Gasteiger partial charge is 0.271 e. The molecule has 140 valence electrons. The lowest BCUT2D eigenvalue weighted by Crippen LogP contribution is -2.24. The van der Waals surface area contributed by atoms with Crippen molar-refractivity contribution < 1.29 is 13.2 Å². The van der Waals surface area contributed by atoms with E-state index in [-0.39, 0.29) is 16.5 Å². The van der Waals surface area contributed by atoms with E-state index in [9.17, 15) is 13.2 Å². The van der Waals surface area contributed by atoms with Crippen molar-refractivity contribution in [1.82, 2.24) is 5.32 Å². The van der Waals surface area contributed by atoms with Crippen molar-refractivity contribution in [2.75, 3.05) is 4.72 Å². The highest BCUT2D eigenvalue weighted by Gasteiger charge is 2.15. The largest absolute Gasteiger partial charge is 0.352 e. The molecule has 27 heavy (non-hydrogen) atoms.